The van der Waals surface area contributed by atoms with Gasteiger partial charge in [0.25, 0.3) is 5.56 Å². The predicted molar refractivity (Wildman–Crippen MR) is 97.8 cm³/mol. The molecule has 0 spiro atoms. The van der Waals surface area contributed by atoms with E-state index in [0.29, 0.717) is 11.3 Å². The van der Waals surface area contributed by atoms with Gasteiger partial charge in [-0.2, -0.15) is 0 Å². The lowest BCUT2D eigenvalue weighted by Gasteiger charge is -2.11. The number of carbonyl (C=O) groups excluding carboxylic acids is 1. The average Bonchev–Trinajstić information content (AvgIpc) is 2.60. The van der Waals surface area contributed by atoms with Crippen LogP contribution in [0, 0.1) is 6.92 Å². The number of nitrogens with zero attached hydrogens (tertiary/aromatic N) is 2. The molecule has 0 fully saturated rings. The average molecular weight is 354 g/mol. The lowest BCUT2D eigenvalue weighted by atomic mass is 10.3. The minimum absolute atomic E-state index is 0.0157. The van der Waals surface area contributed by atoms with Gasteiger partial charge in [-0.05, 0) is 38.1 Å². The van der Waals surface area contributed by atoms with E-state index in [-0.39, 0.29) is 23.4 Å². The summed E-state index contributed by atoms with van der Waals surface area (Å²) in [5, 5.41) is -0.341. The van der Waals surface area contributed by atoms with E-state index in [1.807, 2.05) is 49.4 Å². The van der Waals surface area contributed by atoms with Crippen molar-refractivity contribution in [2.24, 2.45) is 0 Å². The number of pyridine rings is 1. The molecular weight excluding hydrogens is 336 g/mol. The molecule has 1 aromatic carbocycles. The van der Waals surface area contributed by atoms with Crippen molar-refractivity contribution in [3.63, 3.8) is 0 Å². The zero-order valence-corrected chi connectivity index (χ0v) is 14.8. The van der Waals surface area contributed by atoms with Crippen molar-refractivity contribution >= 4 is 23.4 Å². The number of aromatic nitrogens is 2. The highest BCUT2D eigenvalue weighted by atomic mass is 32.2. The second-order valence-corrected chi connectivity index (χ2v) is 7.04. The van der Waals surface area contributed by atoms with E-state index in [1.165, 1.54) is 22.2 Å². The second kappa shape index (κ2) is 7.53. The van der Waals surface area contributed by atoms with Crippen molar-refractivity contribution < 1.29 is 9.53 Å². The maximum absolute atomic E-state index is 12.2. The SMILES string of the molecule is Cc1cccc2nc(COC(=O)[C@H](C)Sc3ccccc3)cc(=O)n12. The maximum Gasteiger partial charge on any atom is 0.319 e. The summed E-state index contributed by atoms with van der Waals surface area (Å²) < 4.78 is 6.85. The van der Waals surface area contributed by atoms with Crippen LogP contribution in [0.25, 0.3) is 5.65 Å². The zero-order chi connectivity index (χ0) is 17.8. The highest BCUT2D eigenvalue weighted by Crippen LogP contribution is 2.23. The summed E-state index contributed by atoms with van der Waals surface area (Å²) in [6.07, 6.45) is 0. The van der Waals surface area contributed by atoms with E-state index < -0.39 is 0 Å². The molecule has 0 unspecified atom stereocenters. The Morgan fingerprint density at radius 2 is 1.96 bits per heavy atom. The largest absolute Gasteiger partial charge is 0.458 e. The van der Waals surface area contributed by atoms with Gasteiger partial charge in [0.05, 0.1) is 5.69 Å². The normalized spacial score (nSPS) is 12.1. The van der Waals surface area contributed by atoms with Crippen LogP contribution in [0.1, 0.15) is 18.3 Å². The first kappa shape index (κ1) is 17.2. The standard InChI is InChI=1S/C19H18N2O3S/c1-13-7-6-10-17-20-15(11-18(22)21(13)17)12-24-19(23)14(2)25-16-8-4-3-5-9-16/h3-11,14H,12H2,1-2H3/t14-/m0/s1. The monoisotopic (exact) mass is 354 g/mol. The van der Waals surface area contributed by atoms with Gasteiger partial charge in [-0.25, -0.2) is 4.98 Å². The minimum atomic E-state index is -0.341. The van der Waals surface area contributed by atoms with E-state index in [4.69, 9.17) is 4.74 Å². The van der Waals surface area contributed by atoms with E-state index in [9.17, 15) is 9.59 Å². The molecule has 0 bridgehead atoms. The quantitative estimate of drug-likeness (QED) is 0.520. The molecule has 0 saturated carbocycles. The number of carbonyl (C=O) groups is 1. The number of esters is 1. The van der Waals surface area contributed by atoms with Crippen LogP contribution in [0.3, 0.4) is 0 Å². The molecule has 2 aromatic heterocycles. The van der Waals surface area contributed by atoms with Crippen LogP contribution in [0.4, 0.5) is 0 Å². The van der Waals surface area contributed by atoms with Crippen LogP contribution in [0.5, 0.6) is 0 Å². The molecular formula is C19H18N2O3S. The fourth-order valence-electron chi connectivity index (χ4n) is 2.45. The van der Waals surface area contributed by atoms with Gasteiger partial charge in [0.2, 0.25) is 0 Å². The molecule has 128 valence electrons. The first-order chi connectivity index (χ1) is 12.0. The van der Waals surface area contributed by atoms with E-state index in [0.717, 1.165) is 10.6 Å². The van der Waals surface area contributed by atoms with Crippen molar-refractivity contribution in [2.45, 2.75) is 30.6 Å². The smallest absolute Gasteiger partial charge is 0.319 e. The van der Waals surface area contributed by atoms with Crippen molar-refractivity contribution in [3.8, 4) is 0 Å². The van der Waals surface area contributed by atoms with Gasteiger partial charge < -0.3 is 4.74 Å². The van der Waals surface area contributed by atoms with Crippen LogP contribution in [0.15, 0.2) is 64.3 Å². The minimum Gasteiger partial charge on any atom is -0.458 e. The molecule has 3 aromatic rings. The molecule has 6 heteroatoms. The van der Waals surface area contributed by atoms with Gasteiger partial charge in [0.15, 0.2) is 0 Å². The van der Waals surface area contributed by atoms with Gasteiger partial charge in [-0.1, -0.05) is 24.3 Å². The summed E-state index contributed by atoms with van der Waals surface area (Å²) in [4.78, 5) is 29.8. The summed E-state index contributed by atoms with van der Waals surface area (Å²) in [6.45, 7) is 3.63. The van der Waals surface area contributed by atoms with Crippen molar-refractivity contribution in [1.29, 1.82) is 0 Å². The Morgan fingerprint density at radius 1 is 1.20 bits per heavy atom. The van der Waals surface area contributed by atoms with Crippen molar-refractivity contribution in [1.82, 2.24) is 9.38 Å². The third kappa shape index (κ3) is 4.09. The van der Waals surface area contributed by atoms with Crippen LogP contribution in [0.2, 0.25) is 0 Å². The molecule has 0 N–H and O–H groups in total. The third-order valence-corrected chi connectivity index (χ3v) is 4.77. The number of benzene rings is 1. The van der Waals surface area contributed by atoms with E-state index in [2.05, 4.69) is 4.98 Å². The number of aryl methyl sites for hydroxylation is 1. The number of hydrogen-bond donors (Lipinski definition) is 0. The Hall–Kier alpha value is -2.60. The molecule has 25 heavy (non-hydrogen) atoms. The fourth-order valence-corrected chi connectivity index (χ4v) is 3.34. The summed E-state index contributed by atoms with van der Waals surface area (Å²) in [6, 6.07) is 16.5. The predicted octanol–water partition coefficient (Wildman–Crippen LogP) is 3.23. The van der Waals surface area contributed by atoms with Crippen LogP contribution in [-0.2, 0) is 16.1 Å². The Morgan fingerprint density at radius 3 is 2.72 bits per heavy atom. The van der Waals surface area contributed by atoms with Gasteiger partial charge in [-0.15, -0.1) is 11.8 Å². The summed E-state index contributed by atoms with van der Waals surface area (Å²) in [7, 11) is 0. The van der Waals surface area contributed by atoms with E-state index >= 15 is 0 Å². The van der Waals surface area contributed by atoms with Crippen molar-refractivity contribution in [2.75, 3.05) is 0 Å². The lowest BCUT2D eigenvalue weighted by molar-refractivity contribution is -0.144. The highest BCUT2D eigenvalue weighted by molar-refractivity contribution is 8.00. The first-order valence-corrected chi connectivity index (χ1v) is 8.79. The van der Waals surface area contributed by atoms with Gasteiger partial charge in [0.1, 0.15) is 17.5 Å². The number of thioether (sulfide) groups is 1. The third-order valence-electron chi connectivity index (χ3n) is 3.68. The zero-order valence-electron chi connectivity index (χ0n) is 14.0. The highest BCUT2D eigenvalue weighted by Gasteiger charge is 2.16. The maximum atomic E-state index is 12.2. The summed E-state index contributed by atoms with van der Waals surface area (Å²) in [5.41, 5.74) is 1.62. The molecule has 0 aliphatic carbocycles. The number of rotatable bonds is 5. The molecule has 3 rings (SSSR count). The fraction of sp³-hybridized carbons (Fsp3) is 0.211. The number of hydrogen-bond acceptors (Lipinski definition) is 5. The van der Waals surface area contributed by atoms with Crippen LogP contribution >= 0.6 is 11.8 Å². The van der Waals surface area contributed by atoms with Gasteiger partial charge >= 0.3 is 5.97 Å². The number of fused-ring (bicyclic) bond motifs is 1. The lowest BCUT2D eigenvalue weighted by Crippen LogP contribution is -2.20. The Kier molecular flexibility index (Phi) is 5.19. The Balaban J connectivity index is 1.68. The summed E-state index contributed by atoms with van der Waals surface area (Å²) >= 11 is 1.43. The molecule has 0 saturated heterocycles. The molecule has 5 nitrogen and oxygen atoms in total. The van der Waals surface area contributed by atoms with Gasteiger partial charge in [0, 0.05) is 16.7 Å². The van der Waals surface area contributed by atoms with Gasteiger partial charge in [-0.3, -0.25) is 14.0 Å². The topological polar surface area (TPSA) is 60.7 Å². The van der Waals surface area contributed by atoms with Crippen molar-refractivity contribution in [3.05, 3.63) is 76.3 Å². The molecule has 0 amide bonds. The first-order valence-electron chi connectivity index (χ1n) is 7.91. The molecule has 0 radical (unpaired) electrons. The molecule has 0 aliphatic heterocycles. The second-order valence-electron chi connectivity index (χ2n) is 5.63. The van der Waals surface area contributed by atoms with Crippen LogP contribution in [-0.4, -0.2) is 20.6 Å². The Labute approximate surface area is 149 Å². The molecule has 2 heterocycles. The van der Waals surface area contributed by atoms with Crippen LogP contribution < -0.4 is 5.56 Å². The summed E-state index contributed by atoms with van der Waals surface area (Å²) in [5.74, 6) is -0.333. The molecule has 0 aliphatic rings. The molecule has 1 atom stereocenters. The number of ether oxygens (including phenoxy) is 1. The van der Waals surface area contributed by atoms with E-state index in [1.54, 1.807) is 13.0 Å². The Bertz CT molecular complexity index is 954.